The molecule has 0 bridgehead atoms. The van der Waals surface area contributed by atoms with Gasteiger partial charge in [-0.15, -0.1) is 0 Å². The van der Waals surface area contributed by atoms with Gasteiger partial charge in [0.25, 0.3) is 5.92 Å². The first-order valence-electron chi connectivity index (χ1n) is 10.6. The molecule has 26 heavy (non-hydrogen) atoms. The molecule has 1 aliphatic carbocycles. The third-order valence-corrected chi connectivity index (χ3v) is 3.91. The molecule has 1 aliphatic heterocycles. The monoisotopic (exact) mass is 380 g/mol. The number of alkyl halides is 2. The van der Waals surface area contributed by atoms with Crippen molar-refractivity contribution < 1.29 is 13.6 Å². The zero-order valence-electron chi connectivity index (χ0n) is 18.5. The maximum Gasteiger partial charge on any atom is 0.272 e. The van der Waals surface area contributed by atoms with Crippen LogP contribution in [0.5, 0.6) is 0 Å². The Bertz CT molecular complexity index is 255. The van der Waals surface area contributed by atoms with Gasteiger partial charge < -0.3 is 5.32 Å². The largest absolute Gasteiger partial charge is 0.356 e. The number of carbonyl (C=O) groups is 1. The molecule has 1 heterocycles. The lowest BCUT2D eigenvalue weighted by atomic mass is 9.96. The van der Waals surface area contributed by atoms with Crippen molar-refractivity contribution in [2.45, 2.75) is 111 Å². The minimum atomic E-state index is -2.38. The summed E-state index contributed by atoms with van der Waals surface area (Å²) in [4.78, 5) is 11.5. The van der Waals surface area contributed by atoms with E-state index >= 15 is 0 Å². The molecule has 1 saturated heterocycles. The van der Waals surface area contributed by atoms with E-state index in [9.17, 15) is 13.6 Å². The predicted molar refractivity (Wildman–Crippen MR) is 111 cm³/mol. The average molecular weight is 381 g/mol. The predicted octanol–water partition coefficient (Wildman–Crippen LogP) is 6.27. The minimum absolute atomic E-state index is 0.0625. The zero-order valence-corrected chi connectivity index (χ0v) is 18.5. The van der Waals surface area contributed by atoms with E-state index in [1.807, 2.05) is 13.8 Å². The molecule has 0 radical (unpaired) electrons. The van der Waals surface area contributed by atoms with E-state index in [-0.39, 0.29) is 13.1 Å². The summed E-state index contributed by atoms with van der Waals surface area (Å²) in [5.74, 6) is -2.38. The highest BCUT2D eigenvalue weighted by atomic mass is 19.3. The molecule has 0 unspecified atom stereocenters. The van der Waals surface area contributed by atoms with Gasteiger partial charge in [-0.1, -0.05) is 86.5 Å². The zero-order chi connectivity index (χ0) is 20.8. The van der Waals surface area contributed by atoms with Crippen LogP contribution in [-0.2, 0) is 4.79 Å². The molecule has 0 spiro atoms. The van der Waals surface area contributed by atoms with Gasteiger partial charge in [-0.3, -0.25) is 9.69 Å². The Hall–Kier alpha value is -0.710. The van der Waals surface area contributed by atoms with Gasteiger partial charge in [0.1, 0.15) is 0 Å². The number of hydrogen-bond donors (Lipinski definition) is 1. The van der Waals surface area contributed by atoms with Crippen LogP contribution in [0.3, 0.4) is 0 Å². The molecule has 3 nitrogen and oxygen atoms in total. The molecule has 0 aromatic rings. The fourth-order valence-corrected chi connectivity index (χ4v) is 2.11. The Morgan fingerprint density at radius 1 is 0.923 bits per heavy atom. The van der Waals surface area contributed by atoms with E-state index in [1.54, 1.807) is 11.9 Å². The van der Waals surface area contributed by atoms with E-state index in [2.05, 4.69) is 33.0 Å². The van der Waals surface area contributed by atoms with Crippen LogP contribution in [0.25, 0.3) is 0 Å². The SMILES string of the molecule is CC.CCCC.CCCC.CN1CC(F)(F)C1.O=CNC1CCCCC1. The molecule has 1 saturated carbocycles. The molecule has 1 N–H and O–H groups in total. The minimum Gasteiger partial charge on any atom is -0.356 e. The number of unbranched alkanes of at least 4 members (excludes halogenated alkanes) is 2. The second-order valence-electron chi connectivity index (χ2n) is 6.65. The van der Waals surface area contributed by atoms with Crippen LogP contribution >= 0.6 is 0 Å². The summed E-state index contributed by atoms with van der Waals surface area (Å²) < 4.78 is 23.5. The van der Waals surface area contributed by atoms with Crippen molar-refractivity contribution in [2.75, 3.05) is 20.1 Å². The highest BCUT2D eigenvalue weighted by Gasteiger charge is 2.41. The molecule has 0 atom stereocenters. The summed E-state index contributed by atoms with van der Waals surface area (Å²) in [7, 11) is 1.68. The van der Waals surface area contributed by atoms with Gasteiger partial charge >= 0.3 is 0 Å². The molecule has 2 fully saturated rings. The Morgan fingerprint density at radius 2 is 1.31 bits per heavy atom. The van der Waals surface area contributed by atoms with Gasteiger partial charge in [0.15, 0.2) is 0 Å². The van der Waals surface area contributed by atoms with E-state index in [1.165, 1.54) is 57.8 Å². The highest BCUT2D eigenvalue weighted by Crippen LogP contribution is 2.24. The first-order chi connectivity index (χ1) is 12.4. The van der Waals surface area contributed by atoms with Gasteiger partial charge in [-0.05, 0) is 19.9 Å². The van der Waals surface area contributed by atoms with Crippen molar-refractivity contribution in [3.05, 3.63) is 0 Å². The normalized spacial score (nSPS) is 17.9. The second-order valence-corrected chi connectivity index (χ2v) is 6.65. The van der Waals surface area contributed by atoms with Crippen LogP contribution in [0, 0.1) is 0 Å². The van der Waals surface area contributed by atoms with Crippen molar-refractivity contribution >= 4 is 6.41 Å². The van der Waals surface area contributed by atoms with Crippen molar-refractivity contribution in [1.29, 1.82) is 0 Å². The summed E-state index contributed by atoms with van der Waals surface area (Å²) >= 11 is 0. The number of halogens is 2. The first-order valence-corrected chi connectivity index (χ1v) is 10.6. The summed E-state index contributed by atoms with van der Waals surface area (Å²) in [6.07, 6.45) is 12.4. The molecule has 2 rings (SSSR count). The topological polar surface area (TPSA) is 32.3 Å². The molecule has 1 amide bonds. The Kier molecular flexibility index (Phi) is 25.8. The van der Waals surface area contributed by atoms with E-state index in [4.69, 9.17) is 0 Å². The molecular formula is C21H46F2N2O. The van der Waals surface area contributed by atoms with Crippen molar-refractivity contribution in [3.63, 3.8) is 0 Å². The number of hydrogen-bond acceptors (Lipinski definition) is 2. The number of rotatable bonds is 4. The van der Waals surface area contributed by atoms with E-state index < -0.39 is 5.92 Å². The fourth-order valence-electron chi connectivity index (χ4n) is 2.11. The number of nitrogens with one attached hydrogen (secondary N) is 1. The molecule has 2 aliphatic rings. The average Bonchev–Trinajstić information content (AvgIpc) is 2.64. The van der Waals surface area contributed by atoms with Gasteiger partial charge in [0.05, 0.1) is 13.1 Å². The quantitative estimate of drug-likeness (QED) is 0.583. The maximum atomic E-state index is 11.7. The second kappa shape index (κ2) is 22.3. The summed E-state index contributed by atoms with van der Waals surface area (Å²) in [5, 5.41) is 2.80. The smallest absolute Gasteiger partial charge is 0.272 e. The number of nitrogens with zero attached hydrogens (tertiary/aromatic N) is 1. The molecular weight excluding hydrogens is 334 g/mol. The summed E-state index contributed by atoms with van der Waals surface area (Å²) in [6, 6.07) is 0.483. The van der Waals surface area contributed by atoms with Crippen LogP contribution in [0.4, 0.5) is 8.78 Å². The standard InChI is InChI=1S/C7H13NO.C4H7F2N.2C4H10.C2H6/c9-6-8-7-4-2-1-3-5-7;1-7-2-4(5,6)3-7;2*1-3-4-2;1-2/h6-7H,1-5H2,(H,8,9);2-3H2,1H3;2*3-4H2,1-2H3;1-2H3. The van der Waals surface area contributed by atoms with Gasteiger partial charge in [0, 0.05) is 6.04 Å². The van der Waals surface area contributed by atoms with Crippen LogP contribution in [0.1, 0.15) is 99.3 Å². The van der Waals surface area contributed by atoms with Crippen LogP contribution in [0.15, 0.2) is 0 Å². The number of carbonyl (C=O) groups excluding carboxylic acids is 1. The highest BCUT2D eigenvalue weighted by molar-refractivity contribution is 5.46. The Morgan fingerprint density at radius 3 is 1.50 bits per heavy atom. The van der Waals surface area contributed by atoms with Crippen molar-refractivity contribution in [3.8, 4) is 0 Å². The fraction of sp³-hybridized carbons (Fsp3) is 0.952. The van der Waals surface area contributed by atoms with Crippen LogP contribution < -0.4 is 5.32 Å². The van der Waals surface area contributed by atoms with Crippen molar-refractivity contribution in [1.82, 2.24) is 10.2 Å². The lowest BCUT2D eigenvalue weighted by molar-refractivity contribution is -0.119. The van der Waals surface area contributed by atoms with E-state index in [0.29, 0.717) is 6.04 Å². The van der Waals surface area contributed by atoms with Crippen LogP contribution in [0.2, 0.25) is 0 Å². The molecule has 0 aromatic carbocycles. The van der Waals surface area contributed by atoms with Gasteiger partial charge in [-0.2, -0.15) is 0 Å². The molecule has 0 aromatic heterocycles. The maximum absolute atomic E-state index is 11.7. The summed E-state index contributed by atoms with van der Waals surface area (Å²) in [6.45, 7) is 12.6. The van der Waals surface area contributed by atoms with Gasteiger partial charge in [0.2, 0.25) is 6.41 Å². The lowest BCUT2D eigenvalue weighted by Gasteiger charge is -2.35. The van der Waals surface area contributed by atoms with Gasteiger partial charge in [-0.25, -0.2) is 8.78 Å². The lowest BCUT2D eigenvalue weighted by Crippen LogP contribution is -2.53. The van der Waals surface area contributed by atoms with E-state index in [0.717, 1.165) is 6.41 Å². The Labute approximate surface area is 162 Å². The first kappa shape index (κ1) is 30.0. The number of likely N-dealkylation sites (tertiary alicyclic amines) is 1. The Balaban J connectivity index is -0.000000279. The van der Waals surface area contributed by atoms with Crippen LogP contribution in [-0.4, -0.2) is 43.4 Å². The third kappa shape index (κ3) is 23.3. The molecule has 160 valence electrons. The summed E-state index contributed by atoms with van der Waals surface area (Å²) in [5.41, 5.74) is 0. The molecule has 5 heteroatoms. The number of amides is 1. The van der Waals surface area contributed by atoms with Crippen molar-refractivity contribution in [2.24, 2.45) is 0 Å². The third-order valence-electron chi connectivity index (χ3n) is 3.91.